The Bertz CT molecular complexity index is 782. The van der Waals surface area contributed by atoms with Crippen molar-refractivity contribution in [2.24, 2.45) is 4.99 Å². The van der Waals surface area contributed by atoms with Crippen LogP contribution in [0.3, 0.4) is 0 Å². The molecule has 2 rings (SSSR count). The molecule has 1 amide bonds. The second-order valence-electron chi connectivity index (χ2n) is 6.78. The number of carbonyl (C=O) groups excluding carboxylic acids is 1. The topological polar surface area (TPSA) is 90.9 Å². The van der Waals surface area contributed by atoms with Gasteiger partial charge in [0.25, 0.3) is 0 Å². The lowest BCUT2D eigenvalue weighted by Crippen LogP contribution is -2.57. The van der Waals surface area contributed by atoms with Crippen LogP contribution in [0.15, 0.2) is 33.7 Å². The lowest BCUT2D eigenvalue weighted by Gasteiger charge is -2.39. The van der Waals surface area contributed by atoms with Gasteiger partial charge in [-0.25, -0.2) is 8.42 Å². The lowest BCUT2D eigenvalue weighted by molar-refractivity contribution is -0.116. The zero-order valence-electron chi connectivity index (χ0n) is 15.7. The molecule has 152 valence electrons. The van der Waals surface area contributed by atoms with Gasteiger partial charge in [-0.3, -0.25) is 9.79 Å². The minimum absolute atomic E-state index is 0. The molecule has 1 aromatic rings. The maximum absolute atomic E-state index is 12.1. The summed E-state index contributed by atoms with van der Waals surface area (Å²) in [6, 6.07) is 7.37. The van der Waals surface area contributed by atoms with Crippen LogP contribution in [0.25, 0.3) is 0 Å². The summed E-state index contributed by atoms with van der Waals surface area (Å²) < 4.78 is 24.4. The number of anilines is 1. The van der Waals surface area contributed by atoms with Crippen molar-refractivity contribution in [1.29, 1.82) is 0 Å². The molecule has 27 heavy (non-hydrogen) atoms. The molecule has 1 heterocycles. The van der Waals surface area contributed by atoms with Crippen molar-refractivity contribution in [2.75, 3.05) is 37.8 Å². The summed E-state index contributed by atoms with van der Waals surface area (Å²) in [7, 11) is -1.45. The van der Waals surface area contributed by atoms with Gasteiger partial charge in [-0.1, -0.05) is 15.9 Å². The highest BCUT2D eigenvalue weighted by molar-refractivity contribution is 14.0. The van der Waals surface area contributed by atoms with Crippen LogP contribution in [-0.4, -0.2) is 62.4 Å². The van der Waals surface area contributed by atoms with Gasteiger partial charge in [-0.2, -0.15) is 0 Å². The Morgan fingerprint density at radius 3 is 2.48 bits per heavy atom. The predicted octanol–water partition coefficient (Wildman–Crippen LogP) is 2.48. The number of carbonyl (C=O) groups is 1. The molecule has 7 nitrogen and oxygen atoms in total. The first-order chi connectivity index (χ1) is 12.1. The molecule has 10 heteroatoms. The molecule has 0 atom stereocenters. The van der Waals surface area contributed by atoms with Crippen LogP contribution in [0.1, 0.15) is 20.3 Å². The number of amides is 1. The average molecular weight is 573 g/mol. The number of rotatable bonds is 4. The van der Waals surface area contributed by atoms with Crippen molar-refractivity contribution in [3.8, 4) is 0 Å². The van der Waals surface area contributed by atoms with Crippen LogP contribution in [0.5, 0.6) is 0 Å². The van der Waals surface area contributed by atoms with Gasteiger partial charge in [-0.15, -0.1) is 24.0 Å². The molecule has 0 saturated carbocycles. The van der Waals surface area contributed by atoms with Gasteiger partial charge in [0, 0.05) is 43.3 Å². The van der Waals surface area contributed by atoms with Gasteiger partial charge < -0.3 is 15.5 Å². The monoisotopic (exact) mass is 572 g/mol. The number of aliphatic imine (C=N–C) groups is 1. The molecule has 1 aliphatic rings. The zero-order chi connectivity index (χ0) is 19.4. The molecule has 0 spiro atoms. The number of hydrogen-bond acceptors (Lipinski definition) is 4. The van der Waals surface area contributed by atoms with Gasteiger partial charge in [0.05, 0.1) is 10.5 Å². The largest absolute Gasteiger partial charge is 0.356 e. The SMILES string of the molecule is CN=C(NCCC(=O)Nc1ccc(Br)cc1)N1CCS(=O)(=O)C(C)(C)C1.I. The Morgan fingerprint density at radius 1 is 1.30 bits per heavy atom. The van der Waals surface area contributed by atoms with Crippen LogP contribution in [0, 0.1) is 0 Å². The second kappa shape index (κ2) is 10.1. The summed E-state index contributed by atoms with van der Waals surface area (Å²) in [6.07, 6.45) is 0.282. The third-order valence-electron chi connectivity index (χ3n) is 4.32. The van der Waals surface area contributed by atoms with E-state index >= 15 is 0 Å². The Balaban J connectivity index is 0.00000364. The summed E-state index contributed by atoms with van der Waals surface area (Å²) in [5.74, 6) is 0.617. The van der Waals surface area contributed by atoms with E-state index in [1.807, 2.05) is 29.2 Å². The quantitative estimate of drug-likeness (QED) is 0.329. The summed E-state index contributed by atoms with van der Waals surface area (Å²) >= 11 is 3.35. The number of nitrogens with one attached hydrogen (secondary N) is 2. The van der Waals surface area contributed by atoms with Gasteiger partial charge in [-0.05, 0) is 38.1 Å². The Morgan fingerprint density at radius 2 is 1.93 bits per heavy atom. The first-order valence-electron chi connectivity index (χ1n) is 8.38. The molecular formula is C17H26BrIN4O3S. The normalized spacial score (nSPS) is 18.4. The zero-order valence-corrected chi connectivity index (χ0v) is 20.4. The van der Waals surface area contributed by atoms with E-state index < -0.39 is 14.6 Å². The van der Waals surface area contributed by atoms with E-state index in [-0.39, 0.29) is 42.1 Å². The average Bonchev–Trinajstić information content (AvgIpc) is 2.56. The number of nitrogens with zero attached hydrogens (tertiary/aromatic N) is 2. The minimum atomic E-state index is -3.10. The predicted molar refractivity (Wildman–Crippen MR) is 124 cm³/mol. The summed E-state index contributed by atoms with van der Waals surface area (Å²) in [6.45, 7) is 4.65. The van der Waals surface area contributed by atoms with E-state index in [1.165, 1.54) is 0 Å². The van der Waals surface area contributed by atoms with E-state index in [2.05, 4.69) is 31.6 Å². The molecule has 1 aromatic carbocycles. The number of guanidine groups is 1. The summed E-state index contributed by atoms with van der Waals surface area (Å²) in [5, 5.41) is 5.97. The highest BCUT2D eigenvalue weighted by Gasteiger charge is 2.40. The van der Waals surface area contributed by atoms with E-state index in [0.29, 0.717) is 25.6 Å². The Kier molecular flexibility index (Phi) is 9.00. The maximum Gasteiger partial charge on any atom is 0.226 e. The van der Waals surface area contributed by atoms with E-state index in [0.717, 1.165) is 10.2 Å². The second-order valence-corrected chi connectivity index (χ2v) is 10.4. The van der Waals surface area contributed by atoms with Crippen molar-refractivity contribution in [3.05, 3.63) is 28.7 Å². The number of hydrogen-bond donors (Lipinski definition) is 2. The molecule has 2 N–H and O–H groups in total. The van der Waals surface area contributed by atoms with Crippen LogP contribution in [0.4, 0.5) is 5.69 Å². The van der Waals surface area contributed by atoms with E-state index in [1.54, 1.807) is 20.9 Å². The fraction of sp³-hybridized carbons (Fsp3) is 0.529. The van der Waals surface area contributed by atoms with E-state index in [4.69, 9.17) is 0 Å². The Hall–Kier alpha value is -0.880. The third kappa shape index (κ3) is 6.60. The molecule has 0 radical (unpaired) electrons. The third-order valence-corrected chi connectivity index (χ3v) is 7.38. The van der Waals surface area contributed by atoms with Crippen LogP contribution >= 0.6 is 39.9 Å². The summed E-state index contributed by atoms with van der Waals surface area (Å²) in [4.78, 5) is 18.2. The minimum Gasteiger partial charge on any atom is -0.356 e. The molecule has 0 aromatic heterocycles. The number of sulfone groups is 1. The lowest BCUT2D eigenvalue weighted by atomic mass is 10.2. The van der Waals surface area contributed by atoms with Gasteiger partial charge in [0.15, 0.2) is 15.8 Å². The highest BCUT2D eigenvalue weighted by Crippen LogP contribution is 2.23. The van der Waals surface area contributed by atoms with Crippen LogP contribution in [-0.2, 0) is 14.6 Å². The molecule has 1 aliphatic heterocycles. The van der Waals surface area contributed by atoms with Gasteiger partial charge >= 0.3 is 0 Å². The standard InChI is InChI=1S/C17H25BrN4O3S.HI/c1-17(2)12-22(10-11-26(17,24)25)16(19-3)20-9-8-15(23)21-14-6-4-13(18)5-7-14;/h4-7H,8-12H2,1-3H3,(H,19,20)(H,21,23);1H. The molecule has 1 saturated heterocycles. The first-order valence-corrected chi connectivity index (χ1v) is 10.8. The smallest absolute Gasteiger partial charge is 0.226 e. The fourth-order valence-electron chi connectivity index (χ4n) is 2.70. The van der Waals surface area contributed by atoms with E-state index in [9.17, 15) is 13.2 Å². The summed E-state index contributed by atoms with van der Waals surface area (Å²) in [5.41, 5.74) is 0.741. The van der Waals surface area contributed by atoms with Crippen molar-refractivity contribution in [2.45, 2.75) is 25.0 Å². The van der Waals surface area contributed by atoms with Gasteiger partial charge in [0.2, 0.25) is 5.91 Å². The van der Waals surface area contributed by atoms with Crippen molar-refractivity contribution >= 4 is 67.3 Å². The molecule has 0 aliphatic carbocycles. The Labute approximate surface area is 186 Å². The highest BCUT2D eigenvalue weighted by atomic mass is 127. The first kappa shape index (κ1) is 24.2. The molecule has 0 bridgehead atoms. The van der Waals surface area contributed by atoms with Crippen LogP contribution < -0.4 is 10.6 Å². The number of benzene rings is 1. The van der Waals surface area contributed by atoms with Crippen molar-refractivity contribution in [1.82, 2.24) is 10.2 Å². The van der Waals surface area contributed by atoms with Gasteiger partial charge in [0.1, 0.15) is 0 Å². The van der Waals surface area contributed by atoms with Crippen molar-refractivity contribution < 1.29 is 13.2 Å². The molecular weight excluding hydrogens is 547 g/mol. The molecule has 1 fully saturated rings. The maximum atomic E-state index is 12.1. The fourth-order valence-corrected chi connectivity index (χ4v) is 4.33. The van der Waals surface area contributed by atoms with Crippen molar-refractivity contribution in [3.63, 3.8) is 0 Å². The molecule has 0 unspecified atom stereocenters. The number of halogens is 2. The van der Waals surface area contributed by atoms with Crippen LogP contribution in [0.2, 0.25) is 0 Å².